The normalized spacial score (nSPS) is 19.4. The van der Waals surface area contributed by atoms with Crippen LogP contribution in [0.2, 0.25) is 0 Å². The molecule has 1 aliphatic heterocycles. The molecule has 0 unspecified atom stereocenters. The number of nitrogens with one attached hydrogen (secondary N) is 1. The first-order chi connectivity index (χ1) is 9.22. The van der Waals surface area contributed by atoms with Crippen LogP contribution in [-0.4, -0.2) is 52.0 Å². The Morgan fingerprint density at radius 2 is 1.80 bits per heavy atom. The van der Waals surface area contributed by atoms with Crippen molar-refractivity contribution in [2.75, 3.05) is 38.6 Å². The van der Waals surface area contributed by atoms with Gasteiger partial charge in [0.2, 0.25) is 10.0 Å². The van der Waals surface area contributed by atoms with Crippen LogP contribution in [0.25, 0.3) is 0 Å². The van der Waals surface area contributed by atoms with Gasteiger partial charge >= 0.3 is 0 Å². The molecule has 0 aromatic heterocycles. The van der Waals surface area contributed by atoms with E-state index < -0.39 is 10.0 Å². The van der Waals surface area contributed by atoms with E-state index in [1.807, 2.05) is 12.1 Å². The molecule has 5 nitrogen and oxygen atoms in total. The van der Waals surface area contributed by atoms with Crippen LogP contribution in [0, 0.1) is 0 Å². The van der Waals surface area contributed by atoms with Crippen molar-refractivity contribution in [1.29, 1.82) is 0 Å². The van der Waals surface area contributed by atoms with Crippen molar-refractivity contribution in [2.45, 2.75) is 24.3 Å². The van der Waals surface area contributed by atoms with Gasteiger partial charge in [-0.15, -0.1) is 0 Å². The predicted molar refractivity (Wildman–Crippen MR) is 81.6 cm³/mol. The quantitative estimate of drug-likeness (QED) is 0.908. The van der Waals surface area contributed by atoms with Crippen LogP contribution < -0.4 is 10.2 Å². The van der Waals surface area contributed by atoms with E-state index in [-0.39, 0.29) is 5.54 Å². The summed E-state index contributed by atoms with van der Waals surface area (Å²) >= 11 is 0. The van der Waals surface area contributed by atoms with Gasteiger partial charge in [0.1, 0.15) is 0 Å². The summed E-state index contributed by atoms with van der Waals surface area (Å²) in [5.74, 6) is 0. The van der Waals surface area contributed by atoms with Crippen molar-refractivity contribution in [3.05, 3.63) is 24.3 Å². The summed E-state index contributed by atoms with van der Waals surface area (Å²) in [4.78, 5) is 2.61. The molecular formula is C14H23N3O2S. The molecule has 0 atom stereocenters. The van der Waals surface area contributed by atoms with Crippen LogP contribution in [0.5, 0.6) is 0 Å². The highest BCUT2D eigenvalue weighted by Crippen LogP contribution is 2.22. The Balaban J connectivity index is 2.21. The SMILES string of the molecule is CN(C)S(=O)(=O)c1ccc(N2CCNC(C)(C)C2)cc1. The fourth-order valence-electron chi connectivity index (χ4n) is 2.40. The first-order valence-corrected chi connectivity index (χ1v) is 8.19. The average molecular weight is 297 g/mol. The van der Waals surface area contributed by atoms with Crippen LogP contribution in [-0.2, 0) is 10.0 Å². The maximum absolute atomic E-state index is 12.0. The summed E-state index contributed by atoms with van der Waals surface area (Å²) in [5, 5.41) is 3.46. The molecule has 0 aliphatic carbocycles. The smallest absolute Gasteiger partial charge is 0.242 e. The Labute approximate surface area is 121 Å². The van der Waals surface area contributed by atoms with Gasteiger partial charge in [0, 0.05) is 45.0 Å². The topological polar surface area (TPSA) is 52.7 Å². The largest absolute Gasteiger partial charge is 0.368 e. The molecule has 0 bridgehead atoms. The summed E-state index contributed by atoms with van der Waals surface area (Å²) in [6.45, 7) is 7.12. The van der Waals surface area contributed by atoms with E-state index in [2.05, 4.69) is 24.1 Å². The van der Waals surface area contributed by atoms with Gasteiger partial charge in [0.25, 0.3) is 0 Å². The number of anilines is 1. The van der Waals surface area contributed by atoms with Gasteiger partial charge in [-0.25, -0.2) is 12.7 Å². The summed E-state index contributed by atoms with van der Waals surface area (Å²) in [7, 11) is -0.257. The van der Waals surface area contributed by atoms with E-state index in [0.717, 1.165) is 25.3 Å². The fraction of sp³-hybridized carbons (Fsp3) is 0.571. The van der Waals surface area contributed by atoms with Crippen molar-refractivity contribution in [3.63, 3.8) is 0 Å². The molecule has 1 saturated heterocycles. The summed E-state index contributed by atoms with van der Waals surface area (Å²) in [6, 6.07) is 7.13. The van der Waals surface area contributed by atoms with Crippen molar-refractivity contribution < 1.29 is 8.42 Å². The molecule has 112 valence electrons. The number of benzene rings is 1. The maximum atomic E-state index is 12.0. The second-order valence-corrected chi connectivity index (χ2v) is 8.17. The zero-order valence-electron chi connectivity index (χ0n) is 12.5. The van der Waals surface area contributed by atoms with Crippen molar-refractivity contribution in [1.82, 2.24) is 9.62 Å². The Hall–Kier alpha value is -1.11. The lowest BCUT2D eigenvalue weighted by molar-refractivity contribution is 0.353. The van der Waals surface area contributed by atoms with Gasteiger partial charge in [-0.2, -0.15) is 0 Å². The lowest BCUT2D eigenvalue weighted by atomic mass is 10.0. The molecule has 20 heavy (non-hydrogen) atoms. The standard InChI is InChI=1S/C14H23N3O2S/c1-14(2)11-17(10-9-15-14)12-5-7-13(8-6-12)20(18,19)16(3)4/h5-8,15H,9-11H2,1-4H3. The third-order valence-electron chi connectivity index (χ3n) is 3.55. The number of hydrogen-bond acceptors (Lipinski definition) is 4. The van der Waals surface area contributed by atoms with Crippen LogP contribution >= 0.6 is 0 Å². The molecule has 1 fully saturated rings. The van der Waals surface area contributed by atoms with E-state index in [4.69, 9.17) is 0 Å². The first-order valence-electron chi connectivity index (χ1n) is 6.75. The minimum Gasteiger partial charge on any atom is -0.368 e. The molecule has 1 heterocycles. The van der Waals surface area contributed by atoms with Crippen molar-refractivity contribution in [2.24, 2.45) is 0 Å². The van der Waals surface area contributed by atoms with Gasteiger partial charge in [-0.3, -0.25) is 0 Å². The number of rotatable bonds is 3. The summed E-state index contributed by atoms with van der Waals surface area (Å²) in [6.07, 6.45) is 0. The monoisotopic (exact) mass is 297 g/mol. The third kappa shape index (κ3) is 3.13. The zero-order valence-corrected chi connectivity index (χ0v) is 13.4. The molecule has 1 aromatic rings. The molecule has 0 spiro atoms. The highest BCUT2D eigenvalue weighted by atomic mass is 32.2. The van der Waals surface area contributed by atoms with E-state index >= 15 is 0 Å². The minimum absolute atomic E-state index is 0.0760. The number of sulfonamides is 1. The molecule has 0 radical (unpaired) electrons. The Bertz CT molecular complexity index is 565. The van der Waals surface area contributed by atoms with Gasteiger partial charge in [-0.1, -0.05) is 0 Å². The highest BCUT2D eigenvalue weighted by molar-refractivity contribution is 7.89. The number of hydrogen-bond donors (Lipinski definition) is 1. The van der Waals surface area contributed by atoms with Crippen LogP contribution in [0.15, 0.2) is 29.2 Å². The Morgan fingerprint density at radius 3 is 2.30 bits per heavy atom. The van der Waals surface area contributed by atoms with E-state index in [0.29, 0.717) is 4.90 Å². The summed E-state index contributed by atoms with van der Waals surface area (Å²) < 4.78 is 25.3. The highest BCUT2D eigenvalue weighted by Gasteiger charge is 2.26. The second-order valence-electron chi connectivity index (χ2n) is 6.01. The Kier molecular flexibility index (Phi) is 4.09. The van der Waals surface area contributed by atoms with Gasteiger partial charge in [0.05, 0.1) is 4.90 Å². The minimum atomic E-state index is -3.34. The first kappa shape index (κ1) is 15.3. The fourth-order valence-corrected chi connectivity index (χ4v) is 3.30. The predicted octanol–water partition coefficient (Wildman–Crippen LogP) is 1.13. The molecule has 2 rings (SSSR count). The third-order valence-corrected chi connectivity index (χ3v) is 5.38. The molecule has 1 aromatic carbocycles. The zero-order chi connectivity index (χ0) is 15.0. The average Bonchev–Trinajstić information content (AvgIpc) is 2.37. The number of nitrogens with zero attached hydrogens (tertiary/aromatic N) is 2. The van der Waals surface area contributed by atoms with Gasteiger partial charge < -0.3 is 10.2 Å². The molecule has 0 amide bonds. The Morgan fingerprint density at radius 1 is 1.20 bits per heavy atom. The van der Waals surface area contributed by atoms with Crippen LogP contribution in [0.1, 0.15) is 13.8 Å². The van der Waals surface area contributed by atoms with Crippen LogP contribution in [0.3, 0.4) is 0 Å². The van der Waals surface area contributed by atoms with Crippen molar-refractivity contribution in [3.8, 4) is 0 Å². The molecule has 1 N–H and O–H groups in total. The van der Waals surface area contributed by atoms with Gasteiger partial charge in [-0.05, 0) is 38.1 Å². The lowest BCUT2D eigenvalue weighted by Gasteiger charge is -2.40. The van der Waals surface area contributed by atoms with E-state index in [1.165, 1.54) is 4.31 Å². The van der Waals surface area contributed by atoms with Gasteiger partial charge in [0.15, 0.2) is 0 Å². The number of piperazine rings is 1. The molecular weight excluding hydrogens is 274 g/mol. The molecule has 6 heteroatoms. The molecule has 0 saturated carbocycles. The summed E-state index contributed by atoms with van der Waals surface area (Å²) in [5.41, 5.74) is 1.14. The van der Waals surface area contributed by atoms with E-state index in [9.17, 15) is 8.42 Å². The van der Waals surface area contributed by atoms with E-state index in [1.54, 1.807) is 26.2 Å². The second kappa shape index (κ2) is 5.35. The molecule has 1 aliphatic rings. The lowest BCUT2D eigenvalue weighted by Crippen LogP contribution is -2.57. The van der Waals surface area contributed by atoms with Crippen molar-refractivity contribution >= 4 is 15.7 Å². The maximum Gasteiger partial charge on any atom is 0.242 e. The van der Waals surface area contributed by atoms with Crippen LogP contribution in [0.4, 0.5) is 5.69 Å².